The van der Waals surface area contributed by atoms with Crippen molar-refractivity contribution in [2.75, 3.05) is 13.2 Å². The Morgan fingerprint density at radius 2 is 1.15 bits per heavy atom. The summed E-state index contributed by atoms with van der Waals surface area (Å²) >= 11 is 0. The van der Waals surface area contributed by atoms with Crippen molar-refractivity contribution in [3.05, 3.63) is 11.4 Å². The smallest absolute Gasteiger partial charge is 0.237 e. The molecule has 20 heavy (non-hydrogen) atoms. The van der Waals surface area contributed by atoms with E-state index in [9.17, 15) is 0 Å². The highest BCUT2D eigenvalue weighted by Gasteiger charge is 2.33. The van der Waals surface area contributed by atoms with Crippen molar-refractivity contribution in [3.63, 3.8) is 0 Å². The molecule has 0 bridgehead atoms. The molecule has 0 saturated heterocycles. The summed E-state index contributed by atoms with van der Waals surface area (Å²) in [6.07, 6.45) is -0.0725. The molecular formula is C16H33N3O. The lowest BCUT2D eigenvalue weighted by atomic mass is 10.2. The van der Waals surface area contributed by atoms with Gasteiger partial charge in [-0.25, -0.2) is 6.57 Å². The number of rotatable bonds is 9. The summed E-state index contributed by atoms with van der Waals surface area (Å²) in [5.41, 5.74) is 0. The maximum atomic E-state index is 6.92. The second kappa shape index (κ2) is 9.33. The van der Waals surface area contributed by atoms with Gasteiger partial charge in [-0.05, 0) is 55.4 Å². The quantitative estimate of drug-likeness (QED) is 0.367. The zero-order valence-electron chi connectivity index (χ0n) is 14.6. The van der Waals surface area contributed by atoms with Crippen LogP contribution in [-0.4, -0.2) is 53.5 Å². The van der Waals surface area contributed by atoms with Crippen LogP contribution in [0.2, 0.25) is 0 Å². The van der Waals surface area contributed by atoms with Crippen molar-refractivity contribution in [1.82, 2.24) is 9.80 Å². The van der Waals surface area contributed by atoms with Crippen molar-refractivity contribution < 1.29 is 4.74 Å². The molecule has 0 aromatic heterocycles. The van der Waals surface area contributed by atoms with Gasteiger partial charge in [0.05, 0.1) is 0 Å². The summed E-state index contributed by atoms with van der Waals surface area (Å²) in [5, 5.41) is 0. The van der Waals surface area contributed by atoms with Gasteiger partial charge in [-0.2, -0.15) is 0 Å². The van der Waals surface area contributed by atoms with Gasteiger partial charge in [0.15, 0.2) is 6.35 Å². The normalized spacial score (nSPS) is 12.7. The first-order chi connectivity index (χ1) is 9.23. The van der Waals surface area contributed by atoms with Crippen LogP contribution in [0, 0.1) is 6.57 Å². The summed E-state index contributed by atoms with van der Waals surface area (Å²) < 4.78 is 6.09. The summed E-state index contributed by atoms with van der Waals surface area (Å²) in [6, 6.07) is 1.58. The maximum Gasteiger partial charge on any atom is 0.237 e. The fraction of sp³-hybridized carbons (Fsp3) is 0.938. The van der Waals surface area contributed by atoms with Crippen LogP contribution in [0.15, 0.2) is 0 Å². The van der Waals surface area contributed by atoms with Gasteiger partial charge in [0.2, 0.25) is 6.54 Å². The molecule has 0 heterocycles. The zero-order chi connectivity index (χ0) is 15.9. The molecule has 4 nitrogen and oxygen atoms in total. The molecule has 0 aliphatic rings. The number of hydrogen-bond donors (Lipinski definition) is 0. The number of nitrogens with zero attached hydrogens (tertiary/aromatic N) is 3. The van der Waals surface area contributed by atoms with E-state index in [-0.39, 0.29) is 6.35 Å². The third-order valence-corrected chi connectivity index (χ3v) is 3.37. The van der Waals surface area contributed by atoms with Gasteiger partial charge >= 0.3 is 0 Å². The third kappa shape index (κ3) is 5.78. The van der Waals surface area contributed by atoms with Gasteiger partial charge in [-0.3, -0.25) is 9.80 Å². The first-order valence-electron chi connectivity index (χ1n) is 7.73. The highest BCUT2D eigenvalue weighted by Crippen LogP contribution is 2.20. The van der Waals surface area contributed by atoms with E-state index in [1.165, 1.54) is 0 Å². The molecule has 4 heteroatoms. The second-order valence-electron chi connectivity index (χ2n) is 6.35. The van der Waals surface area contributed by atoms with Gasteiger partial charge in [0.25, 0.3) is 0 Å². The summed E-state index contributed by atoms with van der Waals surface area (Å²) in [4.78, 5) is 8.15. The van der Waals surface area contributed by atoms with Crippen LogP contribution < -0.4 is 0 Å². The minimum absolute atomic E-state index is 0.0725. The van der Waals surface area contributed by atoms with Gasteiger partial charge < -0.3 is 9.58 Å². The van der Waals surface area contributed by atoms with E-state index in [1.807, 2.05) is 0 Å². The molecular weight excluding hydrogens is 250 g/mol. The molecule has 0 spiro atoms. The molecule has 0 saturated carbocycles. The van der Waals surface area contributed by atoms with E-state index in [0.29, 0.717) is 37.3 Å². The van der Waals surface area contributed by atoms with Gasteiger partial charge in [-0.15, -0.1) is 0 Å². The summed E-state index contributed by atoms with van der Waals surface area (Å²) in [7, 11) is 0. The van der Waals surface area contributed by atoms with E-state index in [2.05, 4.69) is 70.0 Å². The Kier molecular flexibility index (Phi) is 9.04. The Balaban J connectivity index is 5.26. The Bertz CT molecular complexity index is 259. The maximum absolute atomic E-state index is 6.92. The van der Waals surface area contributed by atoms with E-state index in [0.717, 1.165) is 0 Å². The van der Waals surface area contributed by atoms with Gasteiger partial charge in [0.1, 0.15) is 6.61 Å². The van der Waals surface area contributed by atoms with Gasteiger partial charge in [-0.1, -0.05) is 0 Å². The fourth-order valence-corrected chi connectivity index (χ4v) is 2.74. The van der Waals surface area contributed by atoms with Crippen LogP contribution in [0.25, 0.3) is 4.85 Å². The van der Waals surface area contributed by atoms with E-state index in [1.54, 1.807) is 0 Å². The fourth-order valence-electron chi connectivity index (χ4n) is 2.74. The van der Waals surface area contributed by atoms with Crippen LogP contribution >= 0.6 is 0 Å². The number of ether oxygens (including phenoxy) is 1. The predicted molar refractivity (Wildman–Crippen MR) is 85.4 cm³/mol. The highest BCUT2D eigenvalue weighted by atomic mass is 16.5. The van der Waals surface area contributed by atoms with Crippen molar-refractivity contribution in [1.29, 1.82) is 0 Å². The Morgan fingerprint density at radius 3 is 1.40 bits per heavy atom. The van der Waals surface area contributed by atoms with Crippen molar-refractivity contribution in [2.45, 2.75) is 85.9 Å². The standard InChI is InChI=1S/C16H33N3O/c1-12(2)18(13(3)4)16(20-11-10-17-9)19(14(5)6)15(7)8/h12-16H,10-11H2,1-8H3. The Hall–Kier alpha value is -0.630. The van der Waals surface area contributed by atoms with Crippen LogP contribution in [0.3, 0.4) is 0 Å². The molecule has 0 aromatic carbocycles. The topological polar surface area (TPSA) is 20.1 Å². The molecule has 0 aliphatic carbocycles. The molecule has 0 aliphatic heterocycles. The minimum Gasteiger partial charge on any atom is -0.342 e. The first-order valence-corrected chi connectivity index (χ1v) is 7.73. The first kappa shape index (κ1) is 19.4. The molecule has 0 unspecified atom stereocenters. The van der Waals surface area contributed by atoms with Crippen LogP contribution in [-0.2, 0) is 4.74 Å². The molecule has 0 fully saturated rings. The van der Waals surface area contributed by atoms with Crippen molar-refractivity contribution in [3.8, 4) is 0 Å². The lowest BCUT2D eigenvalue weighted by molar-refractivity contribution is -0.190. The van der Waals surface area contributed by atoms with Crippen molar-refractivity contribution >= 4 is 0 Å². The molecule has 0 aromatic rings. The van der Waals surface area contributed by atoms with Crippen LogP contribution in [0.1, 0.15) is 55.4 Å². The Morgan fingerprint density at radius 1 is 0.800 bits per heavy atom. The van der Waals surface area contributed by atoms with E-state index in [4.69, 9.17) is 11.3 Å². The SMILES string of the molecule is [C-]#[N+]CCOC(N(C(C)C)C(C)C)N(C(C)C)C(C)C. The molecule has 0 amide bonds. The summed E-state index contributed by atoms with van der Waals surface area (Å²) in [6.45, 7) is 25.4. The van der Waals surface area contributed by atoms with Crippen LogP contribution in [0.4, 0.5) is 0 Å². The predicted octanol–water partition coefficient (Wildman–Crippen LogP) is 3.44. The van der Waals surface area contributed by atoms with E-state index < -0.39 is 0 Å². The average Bonchev–Trinajstić information content (AvgIpc) is 2.26. The van der Waals surface area contributed by atoms with Crippen LogP contribution in [0.5, 0.6) is 0 Å². The molecule has 118 valence electrons. The minimum atomic E-state index is -0.0725. The monoisotopic (exact) mass is 283 g/mol. The van der Waals surface area contributed by atoms with E-state index >= 15 is 0 Å². The lowest BCUT2D eigenvalue weighted by Gasteiger charge is -2.46. The lowest BCUT2D eigenvalue weighted by Crippen LogP contribution is -2.59. The highest BCUT2D eigenvalue weighted by molar-refractivity contribution is 4.78. The number of hydrogen-bond acceptors (Lipinski definition) is 3. The average molecular weight is 283 g/mol. The molecule has 0 N–H and O–H groups in total. The van der Waals surface area contributed by atoms with Crippen molar-refractivity contribution in [2.24, 2.45) is 0 Å². The summed E-state index contributed by atoms with van der Waals surface area (Å²) in [5.74, 6) is 0. The molecule has 0 radical (unpaired) electrons. The third-order valence-electron chi connectivity index (χ3n) is 3.37. The largest absolute Gasteiger partial charge is 0.342 e. The van der Waals surface area contributed by atoms with Gasteiger partial charge in [0, 0.05) is 24.2 Å². The molecule has 0 atom stereocenters. The Labute approximate surface area is 125 Å². The second-order valence-corrected chi connectivity index (χ2v) is 6.35. The zero-order valence-corrected chi connectivity index (χ0v) is 14.6. The molecule has 0 rings (SSSR count).